The lowest BCUT2D eigenvalue weighted by atomic mass is 9.85. The summed E-state index contributed by atoms with van der Waals surface area (Å²) in [5, 5.41) is 7.59. The summed E-state index contributed by atoms with van der Waals surface area (Å²) in [4.78, 5) is 0. The van der Waals surface area contributed by atoms with Crippen molar-refractivity contribution in [2.24, 2.45) is 13.0 Å². The van der Waals surface area contributed by atoms with Crippen LogP contribution in [0.1, 0.15) is 25.0 Å². The fraction of sp³-hybridized carbons (Fsp3) is 0.700. The van der Waals surface area contributed by atoms with Gasteiger partial charge >= 0.3 is 0 Å². The first-order valence-corrected chi connectivity index (χ1v) is 5.04. The van der Waals surface area contributed by atoms with Crippen LogP contribution in [0, 0.1) is 5.92 Å². The molecule has 2 rings (SSSR count). The Bertz CT molecular complexity index is 263. The Morgan fingerprint density at radius 2 is 2.46 bits per heavy atom. The number of nitrogens with one attached hydrogen (secondary N) is 1. The van der Waals surface area contributed by atoms with Crippen molar-refractivity contribution in [2.75, 3.05) is 6.54 Å². The van der Waals surface area contributed by atoms with E-state index in [0.29, 0.717) is 0 Å². The lowest BCUT2D eigenvalue weighted by molar-refractivity contribution is 0.300. The first-order chi connectivity index (χ1) is 6.36. The highest BCUT2D eigenvalue weighted by atomic mass is 15.3. The van der Waals surface area contributed by atoms with E-state index in [2.05, 4.69) is 16.5 Å². The van der Waals surface area contributed by atoms with Crippen molar-refractivity contribution in [1.29, 1.82) is 0 Å². The number of aryl methyl sites for hydroxylation is 1. The zero-order valence-electron chi connectivity index (χ0n) is 8.16. The molecule has 0 amide bonds. The highest BCUT2D eigenvalue weighted by Crippen LogP contribution is 2.25. The fourth-order valence-electron chi connectivity index (χ4n) is 1.68. The average molecular weight is 179 g/mol. The molecule has 1 aliphatic carbocycles. The van der Waals surface area contributed by atoms with Crippen molar-refractivity contribution in [3.05, 3.63) is 18.0 Å². The normalized spacial score (nSPS) is 17.3. The molecule has 13 heavy (non-hydrogen) atoms. The van der Waals surface area contributed by atoms with Crippen molar-refractivity contribution in [3.63, 3.8) is 0 Å². The summed E-state index contributed by atoms with van der Waals surface area (Å²) in [5.41, 5.74) is 1.26. The van der Waals surface area contributed by atoms with Crippen molar-refractivity contribution in [3.8, 4) is 0 Å². The number of nitrogens with zero attached hydrogens (tertiary/aromatic N) is 2. The molecule has 72 valence electrons. The van der Waals surface area contributed by atoms with E-state index >= 15 is 0 Å². The minimum Gasteiger partial charge on any atom is -0.311 e. The van der Waals surface area contributed by atoms with Gasteiger partial charge in [0.2, 0.25) is 0 Å². The van der Waals surface area contributed by atoms with Gasteiger partial charge in [0.1, 0.15) is 0 Å². The second-order valence-corrected chi connectivity index (χ2v) is 3.87. The van der Waals surface area contributed by atoms with E-state index < -0.39 is 0 Å². The second kappa shape index (κ2) is 3.92. The molecule has 0 aromatic carbocycles. The number of rotatable bonds is 4. The van der Waals surface area contributed by atoms with E-state index in [1.807, 2.05) is 17.9 Å². The molecule has 1 heterocycles. The van der Waals surface area contributed by atoms with Gasteiger partial charge in [0, 0.05) is 19.8 Å². The molecule has 3 nitrogen and oxygen atoms in total. The number of hydrogen-bond acceptors (Lipinski definition) is 2. The van der Waals surface area contributed by atoms with Crippen LogP contribution in [0.15, 0.2) is 12.3 Å². The lowest BCUT2D eigenvalue weighted by Gasteiger charge is -2.25. The molecule has 1 N–H and O–H groups in total. The Hall–Kier alpha value is -0.830. The molecule has 0 bridgehead atoms. The summed E-state index contributed by atoms with van der Waals surface area (Å²) in [6.45, 7) is 2.12. The molecule has 3 heteroatoms. The molecule has 0 radical (unpaired) electrons. The lowest BCUT2D eigenvalue weighted by Crippen LogP contribution is -2.27. The van der Waals surface area contributed by atoms with Crippen molar-refractivity contribution in [2.45, 2.75) is 25.8 Å². The predicted molar refractivity (Wildman–Crippen MR) is 52.3 cm³/mol. The van der Waals surface area contributed by atoms with Crippen LogP contribution < -0.4 is 5.32 Å². The van der Waals surface area contributed by atoms with Crippen LogP contribution in [0.3, 0.4) is 0 Å². The van der Waals surface area contributed by atoms with E-state index in [1.165, 1.54) is 31.5 Å². The molecule has 1 fully saturated rings. The Balaban J connectivity index is 1.70. The number of hydrogen-bond donors (Lipinski definition) is 1. The third-order valence-electron chi connectivity index (χ3n) is 2.89. The van der Waals surface area contributed by atoms with Crippen molar-refractivity contribution >= 4 is 0 Å². The van der Waals surface area contributed by atoms with Crippen molar-refractivity contribution < 1.29 is 0 Å². The highest BCUT2D eigenvalue weighted by Gasteiger charge is 2.16. The van der Waals surface area contributed by atoms with Gasteiger partial charge in [-0.3, -0.25) is 4.68 Å². The predicted octanol–water partition coefficient (Wildman–Crippen LogP) is 1.31. The zero-order valence-corrected chi connectivity index (χ0v) is 8.16. The first-order valence-electron chi connectivity index (χ1n) is 5.04. The molecular weight excluding hydrogens is 162 g/mol. The van der Waals surface area contributed by atoms with Crippen LogP contribution in [0.4, 0.5) is 0 Å². The zero-order chi connectivity index (χ0) is 9.10. The maximum atomic E-state index is 4.13. The third-order valence-corrected chi connectivity index (χ3v) is 2.89. The summed E-state index contributed by atoms with van der Waals surface area (Å²) >= 11 is 0. The largest absolute Gasteiger partial charge is 0.311 e. The summed E-state index contributed by atoms with van der Waals surface area (Å²) < 4.78 is 1.92. The Morgan fingerprint density at radius 1 is 1.62 bits per heavy atom. The highest BCUT2D eigenvalue weighted by molar-refractivity contribution is 4.99. The maximum absolute atomic E-state index is 4.13. The van der Waals surface area contributed by atoms with Gasteiger partial charge in [-0.25, -0.2) is 0 Å². The van der Waals surface area contributed by atoms with E-state index in [9.17, 15) is 0 Å². The van der Waals surface area contributed by atoms with E-state index in [1.54, 1.807) is 0 Å². The Morgan fingerprint density at radius 3 is 3.00 bits per heavy atom. The molecule has 1 saturated carbocycles. The minimum atomic E-state index is 0.938. The van der Waals surface area contributed by atoms with Gasteiger partial charge < -0.3 is 5.32 Å². The van der Waals surface area contributed by atoms with Gasteiger partial charge in [-0.2, -0.15) is 5.10 Å². The maximum Gasteiger partial charge on any atom is 0.0518 e. The number of aromatic nitrogens is 2. The van der Waals surface area contributed by atoms with E-state index in [4.69, 9.17) is 0 Å². The summed E-state index contributed by atoms with van der Waals surface area (Å²) in [6, 6.07) is 2.06. The standard InChI is InChI=1S/C10H17N3/c1-13-10(5-6-12-13)8-11-7-9-3-2-4-9/h5-6,9,11H,2-4,7-8H2,1H3. The SMILES string of the molecule is Cn1nccc1CNCC1CCC1. The van der Waals surface area contributed by atoms with E-state index in [-0.39, 0.29) is 0 Å². The molecule has 0 spiro atoms. The smallest absolute Gasteiger partial charge is 0.0518 e. The molecule has 0 atom stereocenters. The Kier molecular flexibility index (Phi) is 2.64. The summed E-state index contributed by atoms with van der Waals surface area (Å²) in [7, 11) is 1.99. The van der Waals surface area contributed by atoms with Crippen molar-refractivity contribution in [1.82, 2.24) is 15.1 Å². The van der Waals surface area contributed by atoms with Gasteiger partial charge in [0.15, 0.2) is 0 Å². The van der Waals surface area contributed by atoms with Crippen LogP contribution in [-0.2, 0) is 13.6 Å². The second-order valence-electron chi connectivity index (χ2n) is 3.87. The summed E-state index contributed by atoms with van der Waals surface area (Å²) in [5.74, 6) is 0.938. The van der Waals surface area contributed by atoms with Gasteiger partial charge in [-0.05, 0) is 31.4 Å². The molecule has 0 aliphatic heterocycles. The minimum absolute atomic E-state index is 0.938. The van der Waals surface area contributed by atoms with Crippen LogP contribution in [-0.4, -0.2) is 16.3 Å². The third kappa shape index (κ3) is 2.10. The topological polar surface area (TPSA) is 29.9 Å². The van der Waals surface area contributed by atoms with Gasteiger partial charge in [-0.15, -0.1) is 0 Å². The molecule has 1 aromatic heterocycles. The Labute approximate surface area is 79.1 Å². The van der Waals surface area contributed by atoms with Crippen LogP contribution in [0.2, 0.25) is 0 Å². The molecular formula is C10H17N3. The monoisotopic (exact) mass is 179 g/mol. The van der Waals surface area contributed by atoms with Crippen LogP contribution >= 0.6 is 0 Å². The quantitative estimate of drug-likeness (QED) is 0.755. The van der Waals surface area contributed by atoms with Crippen LogP contribution in [0.5, 0.6) is 0 Å². The van der Waals surface area contributed by atoms with Crippen LogP contribution in [0.25, 0.3) is 0 Å². The van der Waals surface area contributed by atoms with Gasteiger partial charge in [-0.1, -0.05) is 6.42 Å². The first kappa shape index (κ1) is 8.75. The summed E-state index contributed by atoms with van der Waals surface area (Å²) in [6.07, 6.45) is 6.11. The average Bonchev–Trinajstić information content (AvgIpc) is 2.42. The fourth-order valence-corrected chi connectivity index (χ4v) is 1.68. The molecule has 0 unspecified atom stereocenters. The van der Waals surface area contributed by atoms with Gasteiger partial charge in [0.25, 0.3) is 0 Å². The van der Waals surface area contributed by atoms with Gasteiger partial charge in [0.05, 0.1) is 5.69 Å². The van der Waals surface area contributed by atoms with E-state index in [0.717, 1.165) is 12.5 Å². The molecule has 1 aromatic rings. The molecule has 0 saturated heterocycles. The molecule has 1 aliphatic rings.